The molecule has 12 nitrogen and oxygen atoms in total. The van der Waals surface area contributed by atoms with E-state index >= 15 is 0 Å². The van der Waals surface area contributed by atoms with Crippen molar-refractivity contribution in [1.82, 2.24) is 9.66 Å². The Labute approximate surface area is 88.0 Å². The fourth-order valence-electron chi connectivity index (χ4n) is 0.920. The number of hydrogen-bond donors (Lipinski definition) is 0. The summed E-state index contributed by atoms with van der Waals surface area (Å²) in [6, 6.07) is 0. The Morgan fingerprint density at radius 2 is 1.59 bits per heavy atom. The molecule has 0 radical (unpaired) electrons. The summed E-state index contributed by atoms with van der Waals surface area (Å²) in [4.78, 5) is 28.8. The van der Waals surface area contributed by atoms with E-state index < -0.39 is 42.5 Å². The summed E-state index contributed by atoms with van der Waals surface area (Å²) in [5.41, 5.74) is -2.05. The van der Waals surface area contributed by atoms with Gasteiger partial charge in [0.15, 0.2) is 0 Å². The van der Waals surface area contributed by atoms with Gasteiger partial charge in [0.25, 0.3) is 0 Å². The van der Waals surface area contributed by atoms with E-state index in [1.807, 2.05) is 0 Å². The van der Waals surface area contributed by atoms with Gasteiger partial charge in [0.05, 0.1) is 0 Å². The fourth-order valence-corrected chi connectivity index (χ4v) is 0.920. The summed E-state index contributed by atoms with van der Waals surface area (Å²) in [7, 11) is 0. The molecule has 0 saturated heterocycles. The predicted octanol–water partition coefficient (Wildman–Crippen LogP) is 0.315. The smallest absolute Gasteiger partial charge is 0.389 e. The average Bonchev–Trinajstić information content (AvgIpc) is 2.56. The summed E-state index contributed by atoms with van der Waals surface area (Å²) in [5, 5.41) is 30.9. The lowest BCUT2D eigenvalue weighted by Gasteiger charge is -1.99. The van der Waals surface area contributed by atoms with Crippen molar-refractivity contribution in [2.75, 3.05) is 5.45 Å². The van der Waals surface area contributed by atoms with Crippen molar-refractivity contribution in [3.63, 3.8) is 0 Å². The zero-order valence-corrected chi connectivity index (χ0v) is 7.39. The lowest BCUT2D eigenvalue weighted by molar-refractivity contribution is -0.429. The molecule has 92 valence electrons. The Balaban J connectivity index is 3.67. The highest BCUT2D eigenvalue weighted by Crippen LogP contribution is 2.31. The number of nitro groups is 3. The number of nitrogens with zero attached hydrogens (tertiary/aromatic N) is 6. The topological polar surface area (TPSA) is 150 Å². The quantitative estimate of drug-likeness (QED) is 0.423. The van der Waals surface area contributed by atoms with E-state index in [-0.39, 0.29) is 0 Å². The highest BCUT2D eigenvalue weighted by atomic mass is 19.4. The van der Waals surface area contributed by atoms with Gasteiger partial charge in [0, 0.05) is 4.68 Å². The van der Waals surface area contributed by atoms with E-state index in [4.69, 9.17) is 0 Å². The molecule has 0 saturated carbocycles. The zero-order chi connectivity index (χ0) is 13.3. The predicted molar refractivity (Wildman–Crippen MR) is 42.6 cm³/mol. The van der Waals surface area contributed by atoms with Crippen LogP contribution >= 0.6 is 0 Å². The van der Waals surface area contributed by atoms with Crippen LogP contribution in [0, 0.1) is 30.3 Å². The Hall–Kier alpha value is -2.93. The minimum atomic E-state index is -2.05. The largest absolute Gasteiger partial charge is 0.499 e. The summed E-state index contributed by atoms with van der Waals surface area (Å²) >= 11 is 0. The van der Waals surface area contributed by atoms with E-state index in [0.717, 1.165) is 0 Å². The normalized spacial score (nSPS) is 10.0. The first-order valence-corrected chi connectivity index (χ1v) is 3.45. The zero-order valence-electron chi connectivity index (χ0n) is 7.39. The maximum Gasteiger partial charge on any atom is 0.499 e. The van der Waals surface area contributed by atoms with Crippen molar-refractivity contribution in [1.29, 1.82) is 0 Å². The molecule has 1 aromatic heterocycles. The maximum absolute atomic E-state index is 12.2. The number of rotatable bonds is 4. The van der Waals surface area contributed by atoms with Crippen molar-refractivity contribution < 1.29 is 23.7 Å². The van der Waals surface area contributed by atoms with Gasteiger partial charge >= 0.3 is 17.6 Å². The third-order valence-electron chi connectivity index (χ3n) is 1.46. The molecule has 0 spiro atoms. The molecular weight excluding hydrogens is 254 g/mol. The van der Waals surface area contributed by atoms with Crippen LogP contribution in [0.2, 0.25) is 0 Å². The van der Waals surface area contributed by atoms with Crippen LogP contribution in [0.15, 0.2) is 0 Å². The molecule has 0 aliphatic carbocycles. The summed E-state index contributed by atoms with van der Waals surface area (Å²) in [6.07, 6.45) is 0. The van der Waals surface area contributed by atoms with E-state index in [9.17, 15) is 39.3 Å². The van der Waals surface area contributed by atoms with Gasteiger partial charge in [-0.2, -0.15) is 0 Å². The SMILES string of the molecule is O=[N+]([O-])c1nc([N+](=O)[O-])n(N(F)F)c1[N+](=O)[O-]. The van der Waals surface area contributed by atoms with Crippen LogP contribution in [0.1, 0.15) is 0 Å². The van der Waals surface area contributed by atoms with Crippen LogP contribution < -0.4 is 5.45 Å². The molecule has 0 bridgehead atoms. The lowest BCUT2D eigenvalue weighted by Crippen LogP contribution is -2.19. The average molecular weight is 254 g/mol. The Morgan fingerprint density at radius 3 is 1.88 bits per heavy atom. The van der Waals surface area contributed by atoms with Gasteiger partial charge < -0.3 is 30.3 Å². The molecule has 0 amide bonds. The first-order chi connectivity index (χ1) is 7.77. The first kappa shape index (κ1) is 12.1. The maximum atomic E-state index is 12.2. The molecule has 0 aliphatic heterocycles. The molecule has 1 aromatic rings. The van der Waals surface area contributed by atoms with E-state index in [0.29, 0.717) is 0 Å². The molecule has 0 aromatic carbocycles. The number of halogens is 2. The lowest BCUT2D eigenvalue weighted by atomic mass is 10.7. The first-order valence-electron chi connectivity index (χ1n) is 3.45. The van der Waals surface area contributed by atoms with Gasteiger partial charge in [-0.15, -0.1) is 0 Å². The highest BCUT2D eigenvalue weighted by molar-refractivity contribution is 5.47. The van der Waals surface area contributed by atoms with E-state index in [1.54, 1.807) is 0 Å². The second-order valence-electron chi connectivity index (χ2n) is 2.36. The van der Waals surface area contributed by atoms with Gasteiger partial charge in [-0.3, -0.25) is 0 Å². The van der Waals surface area contributed by atoms with Crippen molar-refractivity contribution in [3.05, 3.63) is 30.3 Å². The molecule has 0 aliphatic rings. The third kappa shape index (κ3) is 1.90. The van der Waals surface area contributed by atoms with Crippen LogP contribution in [0.5, 0.6) is 0 Å². The molecule has 1 rings (SSSR count). The summed E-state index contributed by atoms with van der Waals surface area (Å²) in [5.74, 6) is -5.21. The summed E-state index contributed by atoms with van der Waals surface area (Å²) in [6.45, 7) is 0. The van der Waals surface area contributed by atoms with Crippen LogP contribution in [-0.2, 0) is 0 Å². The van der Waals surface area contributed by atoms with Crippen molar-refractivity contribution >= 4 is 17.6 Å². The Morgan fingerprint density at radius 1 is 1.06 bits per heavy atom. The van der Waals surface area contributed by atoms with Crippen LogP contribution in [0.4, 0.5) is 26.5 Å². The minimum absolute atomic E-state index is 0.891. The van der Waals surface area contributed by atoms with Gasteiger partial charge in [-0.05, 0) is 28.7 Å². The Kier molecular flexibility index (Phi) is 2.79. The standard InChI is InChI=1S/C3F2N6O6/c4-11(5)7-2(9(14)15)1(8(12)13)6-3(7)10(16)17. The molecule has 0 atom stereocenters. The minimum Gasteiger partial charge on any atom is -0.389 e. The van der Waals surface area contributed by atoms with Crippen LogP contribution in [0.25, 0.3) is 0 Å². The highest BCUT2D eigenvalue weighted by Gasteiger charge is 2.43. The second kappa shape index (κ2) is 3.91. The Bertz CT molecular complexity index is 510. The molecule has 17 heavy (non-hydrogen) atoms. The number of aromatic nitrogens is 2. The van der Waals surface area contributed by atoms with Crippen molar-refractivity contribution in [3.8, 4) is 0 Å². The van der Waals surface area contributed by atoms with E-state index in [1.165, 1.54) is 0 Å². The molecule has 14 heteroatoms. The van der Waals surface area contributed by atoms with Crippen LogP contribution in [-0.4, -0.2) is 24.4 Å². The number of imidazole rings is 1. The van der Waals surface area contributed by atoms with Gasteiger partial charge in [0.2, 0.25) is 0 Å². The molecular formula is C3F2N6O6. The van der Waals surface area contributed by atoms with Crippen molar-refractivity contribution in [2.45, 2.75) is 0 Å². The molecule has 0 fully saturated rings. The molecule has 1 heterocycles. The van der Waals surface area contributed by atoms with Gasteiger partial charge in [-0.1, -0.05) is 0 Å². The second-order valence-corrected chi connectivity index (χ2v) is 2.36. The van der Waals surface area contributed by atoms with Crippen molar-refractivity contribution in [2.24, 2.45) is 0 Å². The van der Waals surface area contributed by atoms with E-state index in [2.05, 4.69) is 4.98 Å². The fraction of sp³-hybridized carbons (Fsp3) is 0. The third-order valence-corrected chi connectivity index (χ3v) is 1.46. The monoisotopic (exact) mass is 254 g/mol. The number of hydrogen-bond acceptors (Lipinski definition) is 8. The van der Waals surface area contributed by atoms with Gasteiger partial charge in [0.1, 0.15) is 5.45 Å². The molecule has 0 unspecified atom stereocenters. The molecule has 0 N–H and O–H groups in total. The van der Waals surface area contributed by atoms with Crippen LogP contribution in [0.3, 0.4) is 0 Å². The van der Waals surface area contributed by atoms with Gasteiger partial charge in [-0.25, -0.2) is 0 Å². The summed E-state index contributed by atoms with van der Waals surface area (Å²) < 4.78 is 23.5.